The van der Waals surface area contributed by atoms with Crippen molar-refractivity contribution in [3.8, 4) is 6.07 Å². The number of hydrogen-bond acceptors (Lipinski definition) is 2. The summed E-state index contributed by atoms with van der Waals surface area (Å²) in [6, 6.07) is 14.9. The van der Waals surface area contributed by atoms with E-state index in [0.29, 0.717) is 18.7 Å². The van der Waals surface area contributed by atoms with E-state index in [0.717, 1.165) is 5.56 Å². The lowest BCUT2D eigenvalue weighted by Gasteiger charge is -2.07. The smallest absolute Gasteiger partial charge is 0.145 e. The van der Waals surface area contributed by atoms with Crippen LogP contribution in [0.3, 0.4) is 0 Å². The minimum absolute atomic E-state index is 0.0923. The second-order valence-electron chi connectivity index (χ2n) is 4.48. The Morgan fingerprint density at radius 1 is 1.11 bits per heavy atom. The monoisotopic (exact) mass is 254 g/mol. The number of aryl methyl sites for hydroxylation is 1. The second kappa shape index (κ2) is 6.12. The normalized spacial score (nSPS) is 10.2. The third-order valence-electron chi connectivity index (χ3n) is 2.96. The summed E-state index contributed by atoms with van der Waals surface area (Å²) in [5, 5.41) is 11.9. The molecule has 96 valence electrons. The van der Waals surface area contributed by atoms with E-state index >= 15 is 0 Å². The number of rotatable bonds is 4. The molecule has 0 saturated heterocycles. The zero-order valence-electron chi connectivity index (χ0n) is 10.8. The van der Waals surface area contributed by atoms with Crippen LogP contribution in [0.2, 0.25) is 0 Å². The minimum Gasteiger partial charge on any atom is -0.309 e. The van der Waals surface area contributed by atoms with Crippen molar-refractivity contribution in [3.05, 3.63) is 70.5 Å². The lowest BCUT2D eigenvalue weighted by atomic mass is 10.1. The van der Waals surface area contributed by atoms with Crippen molar-refractivity contribution in [2.24, 2.45) is 0 Å². The molecule has 2 rings (SSSR count). The van der Waals surface area contributed by atoms with Crippen molar-refractivity contribution in [2.45, 2.75) is 20.0 Å². The van der Waals surface area contributed by atoms with Crippen LogP contribution in [0.4, 0.5) is 4.39 Å². The number of hydrogen-bond donors (Lipinski definition) is 1. The maximum atomic E-state index is 13.8. The standard InChI is InChI=1S/C16H15FN2/c1-12-5-7-13(8-6-12)10-19-11-15-4-2-3-14(9-18)16(15)17/h2-8,19H,10-11H2,1H3. The number of halogens is 1. The highest BCUT2D eigenvalue weighted by molar-refractivity contribution is 5.34. The second-order valence-corrected chi connectivity index (χ2v) is 4.48. The van der Waals surface area contributed by atoms with E-state index in [1.807, 2.05) is 37.3 Å². The summed E-state index contributed by atoms with van der Waals surface area (Å²) in [5.41, 5.74) is 2.99. The molecule has 0 atom stereocenters. The largest absolute Gasteiger partial charge is 0.309 e. The van der Waals surface area contributed by atoms with Crippen LogP contribution in [0, 0.1) is 24.1 Å². The van der Waals surface area contributed by atoms with Gasteiger partial charge in [-0.2, -0.15) is 5.26 Å². The van der Waals surface area contributed by atoms with Crippen molar-refractivity contribution >= 4 is 0 Å². The Morgan fingerprint density at radius 2 is 1.84 bits per heavy atom. The molecule has 19 heavy (non-hydrogen) atoms. The number of nitrogens with zero attached hydrogens (tertiary/aromatic N) is 1. The van der Waals surface area contributed by atoms with Crippen molar-refractivity contribution in [2.75, 3.05) is 0 Å². The van der Waals surface area contributed by atoms with Crippen molar-refractivity contribution in [1.82, 2.24) is 5.32 Å². The van der Waals surface area contributed by atoms with E-state index in [-0.39, 0.29) is 5.56 Å². The number of nitriles is 1. The van der Waals surface area contributed by atoms with Gasteiger partial charge < -0.3 is 5.32 Å². The van der Waals surface area contributed by atoms with Gasteiger partial charge in [-0.05, 0) is 18.6 Å². The Balaban J connectivity index is 1.96. The molecular formula is C16H15FN2. The Morgan fingerprint density at radius 3 is 2.53 bits per heavy atom. The molecule has 2 aromatic rings. The molecule has 0 aliphatic rings. The predicted molar refractivity (Wildman–Crippen MR) is 72.8 cm³/mol. The van der Waals surface area contributed by atoms with Crippen LogP contribution in [-0.2, 0) is 13.1 Å². The highest BCUT2D eigenvalue weighted by Crippen LogP contribution is 2.12. The topological polar surface area (TPSA) is 35.8 Å². The van der Waals surface area contributed by atoms with Gasteiger partial charge in [-0.3, -0.25) is 0 Å². The van der Waals surface area contributed by atoms with Gasteiger partial charge in [-0.25, -0.2) is 4.39 Å². The van der Waals surface area contributed by atoms with Crippen LogP contribution >= 0.6 is 0 Å². The van der Waals surface area contributed by atoms with Crippen LogP contribution in [0.15, 0.2) is 42.5 Å². The quantitative estimate of drug-likeness (QED) is 0.908. The Hall–Kier alpha value is -2.18. The fourth-order valence-electron chi connectivity index (χ4n) is 1.85. The van der Waals surface area contributed by atoms with Gasteiger partial charge in [0.15, 0.2) is 0 Å². The van der Waals surface area contributed by atoms with Gasteiger partial charge in [0, 0.05) is 18.7 Å². The molecule has 0 aliphatic carbocycles. The van der Waals surface area contributed by atoms with Crippen LogP contribution in [0.1, 0.15) is 22.3 Å². The lowest BCUT2D eigenvalue weighted by Crippen LogP contribution is -2.14. The molecule has 2 nitrogen and oxygen atoms in total. The Kier molecular flexibility index (Phi) is 4.27. The van der Waals surface area contributed by atoms with Gasteiger partial charge in [0.25, 0.3) is 0 Å². The zero-order chi connectivity index (χ0) is 13.7. The van der Waals surface area contributed by atoms with E-state index in [2.05, 4.69) is 5.32 Å². The minimum atomic E-state index is -0.429. The molecule has 2 aromatic carbocycles. The van der Waals surface area contributed by atoms with Gasteiger partial charge in [-0.1, -0.05) is 42.0 Å². The first kappa shape index (κ1) is 13.3. The Labute approximate surface area is 112 Å². The molecule has 0 aliphatic heterocycles. The van der Waals surface area contributed by atoms with Crippen LogP contribution < -0.4 is 5.32 Å². The average molecular weight is 254 g/mol. The summed E-state index contributed by atoms with van der Waals surface area (Å²) in [6.45, 7) is 3.13. The maximum absolute atomic E-state index is 13.8. The summed E-state index contributed by atoms with van der Waals surface area (Å²) < 4.78 is 13.8. The molecule has 0 unspecified atom stereocenters. The van der Waals surface area contributed by atoms with Gasteiger partial charge >= 0.3 is 0 Å². The fraction of sp³-hybridized carbons (Fsp3) is 0.188. The van der Waals surface area contributed by atoms with Crippen molar-refractivity contribution in [1.29, 1.82) is 5.26 Å². The lowest BCUT2D eigenvalue weighted by molar-refractivity contribution is 0.585. The highest BCUT2D eigenvalue weighted by Gasteiger charge is 2.06. The van der Waals surface area contributed by atoms with Gasteiger partial charge in [-0.15, -0.1) is 0 Å². The molecule has 0 spiro atoms. The van der Waals surface area contributed by atoms with E-state index in [4.69, 9.17) is 5.26 Å². The molecule has 0 amide bonds. The zero-order valence-corrected chi connectivity index (χ0v) is 10.8. The molecule has 0 aromatic heterocycles. The van der Waals surface area contributed by atoms with E-state index < -0.39 is 5.82 Å². The summed E-state index contributed by atoms with van der Waals surface area (Å²) in [7, 11) is 0. The Bertz CT molecular complexity index is 597. The van der Waals surface area contributed by atoms with Gasteiger partial charge in [0.05, 0.1) is 5.56 Å². The summed E-state index contributed by atoms with van der Waals surface area (Å²) in [5.74, 6) is -0.429. The van der Waals surface area contributed by atoms with E-state index in [1.165, 1.54) is 11.6 Å². The predicted octanol–water partition coefficient (Wildman–Crippen LogP) is 3.30. The molecule has 0 heterocycles. The maximum Gasteiger partial charge on any atom is 0.145 e. The third-order valence-corrected chi connectivity index (χ3v) is 2.96. The third kappa shape index (κ3) is 3.40. The van der Waals surface area contributed by atoms with Crippen LogP contribution in [0.5, 0.6) is 0 Å². The first-order valence-corrected chi connectivity index (χ1v) is 6.14. The molecule has 0 saturated carbocycles. The van der Waals surface area contributed by atoms with Crippen LogP contribution in [-0.4, -0.2) is 0 Å². The first-order valence-electron chi connectivity index (χ1n) is 6.14. The van der Waals surface area contributed by atoms with Crippen molar-refractivity contribution in [3.63, 3.8) is 0 Å². The van der Waals surface area contributed by atoms with E-state index in [1.54, 1.807) is 12.1 Å². The average Bonchev–Trinajstić information content (AvgIpc) is 2.43. The highest BCUT2D eigenvalue weighted by atomic mass is 19.1. The molecule has 0 bridgehead atoms. The molecule has 1 N–H and O–H groups in total. The molecular weight excluding hydrogens is 239 g/mol. The van der Waals surface area contributed by atoms with Crippen LogP contribution in [0.25, 0.3) is 0 Å². The SMILES string of the molecule is Cc1ccc(CNCc2cccc(C#N)c2F)cc1. The van der Waals surface area contributed by atoms with E-state index in [9.17, 15) is 4.39 Å². The first-order chi connectivity index (χ1) is 9.20. The van der Waals surface area contributed by atoms with Gasteiger partial charge in [0.1, 0.15) is 11.9 Å². The fourth-order valence-corrected chi connectivity index (χ4v) is 1.85. The number of nitrogens with one attached hydrogen (secondary N) is 1. The summed E-state index contributed by atoms with van der Waals surface area (Å²) >= 11 is 0. The van der Waals surface area contributed by atoms with Gasteiger partial charge in [0.2, 0.25) is 0 Å². The van der Waals surface area contributed by atoms with Crippen molar-refractivity contribution < 1.29 is 4.39 Å². The molecule has 0 radical (unpaired) electrons. The molecule has 0 fully saturated rings. The summed E-state index contributed by atoms with van der Waals surface area (Å²) in [6.07, 6.45) is 0. The summed E-state index contributed by atoms with van der Waals surface area (Å²) in [4.78, 5) is 0. The molecule has 3 heteroatoms. The number of benzene rings is 2.